The van der Waals surface area contributed by atoms with Crippen molar-refractivity contribution in [3.05, 3.63) is 58.7 Å². The van der Waals surface area contributed by atoms with E-state index in [9.17, 15) is 4.79 Å². The fraction of sp³-hybridized carbons (Fsp3) is 0.350. The third-order valence-corrected chi connectivity index (χ3v) is 4.12. The molecule has 0 aliphatic heterocycles. The zero-order chi connectivity index (χ0) is 17.7. The van der Waals surface area contributed by atoms with Gasteiger partial charge in [0.25, 0.3) is 0 Å². The van der Waals surface area contributed by atoms with Gasteiger partial charge in [0.15, 0.2) is 6.73 Å². The maximum absolute atomic E-state index is 12.1. The van der Waals surface area contributed by atoms with E-state index in [1.54, 1.807) is 0 Å². The van der Waals surface area contributed by atoms with Crippen molar-refractivity contribution in [1.29, 1.82) is 0 Å². The fourth-order valence-electron chi connectivity index (χ4n) is 2.49. The second-order valence-corrected chi connectivity index (χ2v) is 6.36. The molecular formula is C20H26N2O2. The zero-order valence-corrected chi connectivity index (χ0v) is 15.1. The number of urea groups is 1. The normalized spacial score (nSPS) is 10.6. The maximum Gasteiger partial charge on any atom is 0.321 e. The van der Waals surface area contributed by atoms with Gasteiger partial charge in [0, 0.05) is 5.69 Å². The Bertz CT molecular complexity index is 724. The fourth-order valence-corrected chi connectivity index (χ4v) is 2.49. The summed E-state index contributed by atoms with van der Waals surface area (Å²) in [6, 6.07) is 11.7. The molecule has 0 atom stereocenters. The Morgan fingerprint density at radius 2 is 1.79 bits per heavy atom. The first-order chi connectivity index (χ1) is 11.4. The first kappa shape index (κ1) is 17.9. The Hall–Kier alpha value is -2.49. The van der Waals surface area contributed by atoms with Crippen LogP contribution in [0.25, 0.3) is 0 Å². The Morgan fingerprint density at radius 3 is 2.46 bits per heavy atom. The lowest BCUT2D eigenvalue weighted by molar-refractivity contribution is 0.234. The SMILES string of the molecule is Cc1ccc(OCNC(=O)Nc2c(C)cccc2C(C)C)cc1C. The zero-order valence-electron chi connectivity index (χ0n) is 15.1. The van der Waals surface area contributed by atoms with Crippen LogP contribution in [-0.4, -0.2) is 12.8 Å². The van der Waals surface area contributed by atoms with E-state index in [4.69, 9.17) is 4.74 Å². The van der Waals surface area contributed by atoms with Crippen LogP contribution in [0.4, 0.5) is 10.5 Å². The molecule has 4 heteroatoms. The standard InChI is InChI=1S/C20H26N2O2/c1-13(2)18-8-6-7-15(4)19(18)22-20(23)21-12-24-17-10-9-14(3)16(5)11-17/h6-11,13H,12H2,1-5H3,(H2,21,22,23). The van der Waals surface area contributed by atoms with Crippen LogP contribution in [0.2, 0.25) is 0 Å². The molecule has 0 unspecified atom stereocenters. The molecule has 0 saturated heterocycles. The van der Waals surface area contributed by atoms with E-state index < -0.39 is 0 Å². The predicted octanol–water partition coefficient (Wildman–Crippen LogP) is 4.89. The van der Waals surface area contributed by atoms with Gasteiger partial charge in [0.1, 0.15) is 5.75 Å². The van der Waals surface area contributed by atoms with Crippen LogP contribution in [0.15, 0.2) is 36.4 Å². The average Bonchev–Trinajstić information content (AvgIpc) is 2.52. The highest BCUT2D eigenvalue weighted by molar-refractivity contribution is 5.91. The number of carbonyl (C=O) groups excluding carboxylic acids is 1. The Balaban J connectivity index is 1.93. The molecule has 2 N–H and O–H groups in total. The van der Waals surface area contributed by atoms with Gasteiger partial charge in [0.2, 0.25) is 0 Å². The summed E-state index contributed by atoms with van der Waals surface area (Å²) in [5, 5.41) is 5.67. The summed E-state index contributed by atoms with van der Waals surface area (Å²) < 4.78 is 5.59. The van der Waals surface area contributed by atoms with Crippen molar-refractivity contribution in [3.63, 3.8) is 0 Å². The molecule has 0 aliphatic carbocycles. The second kappa shape index (κ2) is 7.86. The van der Waals surface area contributed by atoms with E-state index in [2.05, 4.69) is 31.4 Å². The first-order valence-corrected chi connectivity index (χ1v) is 8.23. The van der Waals surface area contributed by atoms with Crippen molar-refractivity contribution in [2.75, 3.05) is 12.0 Å². The highest BCUT2D eigenvalue weighted by atomic mass is 16.5. The minimum absolute atomic E-state index is 0.122. The van der Waals surface area contributed by atoms with Gasteiger partial charge in [-0.25, -0.2) is 4.79 Å². The molecule has 24 heavy (non-hydrogen) atoms. The number of para-hydroxylation sites is 1. The molecular weight excluding hydrogens is 300 g/mol. The minimum atomic E-state index is -0.268. The van der Waals surface area contributed by atoms with Crippen molar-refractivity contribution in [3.8, 4) is 5.75 Å². The molecule has 4 nitrogen and oxygen atoms in total. The Morgan fingerprint density at radius 1 is 1.04 bits per heavy atom. The number of ether oxygens (including phenoxy) is 1. The van der Waals surface area contributed by atoms with E-state index in [1.165, 1.54) is 11.1 Å². The van der Waals surface area contributed by atoms with E-state index in [1.807, 2.05) is 50.2 Å². The van der Waals surface area contributed by atoms with Crippen LogP contribution in [-0.2, 0) is 0 Å². The van der Waals surface area contributed by atoms with Gasteiger partial charge < -0.3 is 15.4 Å². The molecule has 2 amide bonds. The molecule has 2 aromatic carbocycles. The van der Waals surface area contributed by atoms with E-state index in [-0.39, 0.29) is 12.8 Å². The van der Waals surface area contributed by atoms with Gasteiger partial charge in [-0.05, 0) is 61.1 Å². The number of amides is 2. The van der Waals surface area contributed by atoms with Crippen LogP contribution in [0.5, 0.6) is 5.75 Å². The molecule has 0 bridgehead atoms. The summed E-state index contributed by atoms with van der Waals surface area (Å²) in [6.07, 6.45) is 0. The van der Waals surface area contributed by atoms with Crippen LogP contribution in [0, 0.1) is 20.8 Å². The number of anilines is 1. The van der Waals surface area contributed by atoms with Gasteiger partial charge in [-0.3, -0.25) is 0 Å². The molecule has 0 aromatic heterocycles. The smallest absolute Gasteiger partial charge is 0.321 e. The quantitative estimate of drug-likeness (QED) is 0.768. The number of nitrogens with one attached hydrogen (secondary N) is 2. The van der Waals surface area contributed by atoms with Crippen LogP contribution >= 0.6 is 0 Å². The lowest BCUT2D eigenvalue weighted by Gasteiger charge is -2.17. The third kappa shape index (κ3) is 4.51. The molecule has 0 fully saturated rings. The van der Waals surface area contributed by atoms with Gasteiger partial charge in [-0.1, -0.05) is 38.1 Å². The van der Waals surface area contributed by atoms with E-state index in [0.717, 1.165) is 22.6 Å². The summed E-state index contributed by atoms with van der Waals surface area (Å²) in [5.41, 5.74) is 5.43. The number of hydrogen-bond donors (Lipinski definition) is 2. The Labute approximate surface area is 144 Å². The molecule has 0 saturated carbocycles. The number of aryl methyl sites for hydroxylation is 3. The molecule has 128 valence electrons. The van der Waals surface area contributed by atoms with Crippen LogP contribution in [0.1, 0.15) is 42.0 Å². The van der Waals surface area contributed by atoms with Crippen LogP contribution in [0.3, 0.4) is 0 Å². The minimum Gasteiger partial charge on any atom is -0.473 e. The molecule has 0 radical (unpaired) electrons. The molecule has 2 aromatic rings. The number of rotatable bonds is 5. The van der Waals surface area contributed by atoms with Crippen molar-refractivity contribution >= 4 is 11.7 Å². The third-order valence-electron chi connectivity index (χ3n) is 4.12. The number of carbonyl (C=O) groups is 1. The van der Waals surface area contributed by atoms with Gasteiger partial charge in [-0.15, -0.1) is 0 Å². The Kier molecular flexibility index (Phi) is 5.85. The summed E-state index contributed by atoms with van der Waals surface area (Å²) in [5.74, 6) is 1.09. The molecule has 0 heterocycles. The topological polar surface area (TPSA) is 50.4 Å². The lowest BCUT2D eigenvalue weighted by Crippen LogP contribution is -2.32. The monoisotopic (exact) mass is 326 g/mol. The van der Waals surface area contributed by atoms with E-state index in [0.29, 0.717) is 5.92 Å². The molecule has 2 rings (SSSR count). The van der Waals surface area contributed by atoms with Crippen molar-refractivity contribution in [2.45, 2.75) is 40.5 Å². The highest BCUT2D eigenvalue weighted by Crippen LogP contribution is 2.27. The number of hydrogen-bond acceptors (Lipinski definition) is 2. The maximum atomic E-state index is 12.1. The lowest BCUT2D eigenvalue weighted by atomic mass is 9.98. The van der Waals surface area contributed by atoms with Gasteiger partial charge >= 0.3 is 6.03 Å². The summed E-state index contributed by atoms with van der Waals surface area (Å²) in [7, 11) is 0. The first-order valence-electron chi connectivity index (χ1n) is 8.23. The van der Waals surface area contributed by atoms with Crippen molar-refractivity contribution < 1.29 is 9.53 Å². The van der Waals surface area contributed by atoms with Gasteiger partial charge in [0.05, 0.1) is 0 Å². The van der Waals surface area contributed by atoms with Crippen molar-refractivity contribution in [2.24, 2.45) is 0 Å². The molecule has 0 aliphatic rings. The second-order valence-electron chi connectivity index (χ2n) is 6.36. The summed E-state index contributed by atoms with van der Waals surface area (Å²) in [6.45, 7) is 10.4. The number of benzene rings is 2. The van der Waals surface area contributed by atoms with Crippen molar-refractivity contribution in [1.82, 2.24) is 5.32 Å². The van der Waals surface area contributed by atoms with E-state index >= 15 is 0 Å². The largest absolute Gasteiger partial charge is 0.473 e. The van der Waals surface area contributed by atoms with Crippen LogP contribution < -0.4 is 15.4 Å². The summed E-state index contributed by atoms with van der Waals surface area (Å²) >= 11 is 0. The van der Waals surface area contributed by atoms with Gasteiger partial charge in [-0.2, -0.15) is 0 Å². The summed E-state index contributed by atoms with van der Waals surface area (Å²) in [4.78, 5) is 12.1. The average molecular weight is 326 g/mol. The predicted molar refractivity (Wildman–Crippen MR) is 98.8 cm³/mol. The highest BCUT2D eigenvalue weighted by Gasteiger charge is 2.11. The molecule has 0 spiro atoms.